The van der Waals surface area contributed by atoms with Gasteiger partial charge >= 0.3 is 0 Å². The van der Waals surface area contributed by atoms with Gasteiger partial charge in [-0.15, -0.1) is 0 Å². The highest BCUT2D eigenvalue weighted by Gasteiger charge is 2.55. The van der Waals surface area contributed by atoms with Gasteiger partial charge in [0.25, 0.3) is 0 Å². The Morgan fingerprint density at radius 2 is 1.49 bits per heavy atom. The van der Waals surface area contributed by atoms with Crippen LogP contribution in [-0.4, -0.2) is 23.1 Å². The fourth-order valence-electron chi connectivity index (χ4n) is 8.03. The molecule has 4 aliphatic carbocycles. The molecule has 0 unspecified atom stereocenters. The zero-order chi connectivity index (χ0) is 23.2. The highest BCUT2D eigenvalue weighted by Crippen LogP contribution is 2.61. The maximum Gasteiger partial charge on any atom is 0.244 e. The molecule has 4 fully saturated rings. The minimum atomic E-state index is 0.175. The van der Waals surface area contributed by atoms with Crippen molar-refractivity contribution in [2.24, 2.45) is 28.2 Å². The second-order valence-electron chi connectivity index (χ2n) is 11.7. The van der Waals surface area contributed by atoms with Crippen molar-refractivity contribution in [3.05, 3.63) is 90.5 Å². The van der Waals surface area contributed by atoms with E-state index in [1.165, 1.54) is 49.7 Å². The van der Waals surface area contributed by atoms with E-state index >= 15 is 0 Å². The third-order valence-electron chi connectivity index (χ3n) is 9.17. The topological polar surface area (TPSA) is 30.4 Å². The number of benzene rings is 2. The van der Waals surface area contributed by atoms with Gasteiger partial charge in [0, 0.05) is 23.0 Å². The van der Waals surface area contributed by atoms with Crippen molar-refractivity contribution in [1.82, 2.24) is 4.57 Å². The van der Waals surface area contributed by atoms with Crippen molar-refractivity contribution in [2.75, 3.05) is 6.61 Å². The molecule has 1 aromatic heterocycles. The van der Waals surface area contributed by atoms with Crippen LogP contribution in [0.2, 0.25) is 0 Å². The Hall–Kier alpha value is -2.88. The lowest BCUT2D eigenvalue weighted by Crippen LogP contribution is -2.50. The first-order valence-electron chi connectivity index (χ1n) is 13.6. The first-order valence-corrected chi connectivity index (χ1v) is 13.6. The van der Waals surface area contributed by atoms with E-state index in [-0.39, 0.29) is 6.04 Å². The Morgan fingerprint density at radius 1 is 0.886 bits per heavy atom. The van der Waals surface area contributed by atoms with Crippen LogP contribution in [0.25, 0.3) is 0 Å². The van der Waals surface area contributed by atoms with E-state index in [0.29, 0.717) is 11.5 Å². The van der Waals surface area contributed by atoms with Gasteiger partial charge in [-0.1, -0.05) is 60.7 Å². The maximum atomic E-state index is 6.33. The monoisotopic (exact) mass is 466 g/mol. The van der Waals surface area contributed by atoms with Crippen LogP contribution in [0.1, 0.15) is 62.1 Å². The van der Waals surface area contributed by atoms with Crippen LogP contribution in [-0.2, 0) is 11.3 Å². The molecule has 8 rings (SSSR count). The van der Waals surface area contributed by atoms with Gasteiger partial charge in [-0.3, -0.25) is 0 Å². The number of hydrogen-bond acceptors (Lipinski definition) is 2. The van der Waals surface area contributed by atoms with E-state index in [2.05, 4.69) is 88.5 Å². The molecule has 2 heterocycles. The minimum Gasteiger partial charge on any atom is -0.478 e. The summed E-state index contributed by atoms with van der Waals surface area (Å²) in [5.74, 6) is 3.94. The zero-order valence-electron chi connectivity index (χ0n) is 20.5. The predicted molar refractivity (Wildman–Crippen MR) is 137 cm³/mol. The van der Waals surface area contributed by atoms with Crippen molar-refractivity contribution >= 4 is 5.90 Å². The zero-order valence-corrected chi connectivity index (χ0v) is 20.5. The molecule has 0 amide bonds. The van der Waals surface area contributed by atoms with E-state index in [1.54, 1.807) is 0 Å². The molecule has 0 spiro atoms. The number of ether oxygens (including phenoxy) is 1. The number of nitrogens with zero attached hydrogens (tertiary/aromatic N) is 3. The van der Waals surface area contributed by atoms with Crippen LogP contribution in [0, 0.1) is 23.2 Å². The van der Waals surface area contributed by atoms with Crippen molar-refractivity contribution in [2.45, 2.75) is 63.6 Å². The summed E-state index contributed by atoms with van der Waals surface area (Å²) in [5, 5.41) is 0. The normalized spacial score (nSPS) is 31.1. The molecule has 4 heteroatoms. The van der Waals surface area contributed by atoms with Gasteiger partial charge in [-0.2, -0.15) is 0 Å². The van der Waals surface area contributed by atoms with Crippen LogP contribution in [0.15, 0.2) is 84.4 Å². The average molecular weight is 467 g/mol. The molecule has 4 nitrogen and oxygen atoms in total. The number of aliphatic imine (C=N–C) groups is 1. The summed E-state index contributed by atoms with van der Waals surface area (Å²) in [6.45, 7) is 1.74. The van der Waals surface area contributed by atoms with E-state index in [4.69, 9.17) is 9.73 Å². The van der Waals surface area contributed by atoms with Gasteiger partial charge in [0.2, 0.25) is 6.33 Å². The first kappa shape index (κ1) is 21.4. The Labute approximate surface area is 208 Å². The van der Waals surface area contributed by atoms with E-state index in [0.717, 1.165) is 43.2 Å². The summed E-state index contributed by atoms with van der Waals surface area (Å²) in [6, 6.07) is 22.0. The average Bonchev–Trinajstić information content (AvgIpc) is 3.54. The van der Waals surface area contributed by atoms with Crippen LogP contribution in [0.3, 0.4) is 0 Å². The van der Waals surface area contributed by atoms with Crippen molar-refractivity contribution in [3.8, 4) is 0 Å². The molecule has 4 saturated carbocycles. The first-order chi connectivity index (χ1) is 17.2. The molecular weight excluding hydrogens is 430 g/mol. The summed E-state index contributed by atoms with van der Waals surface area (Å²) in [6.07, 6.45) is 16.1. The number of rotatable bonds is 7. The predicted octanol–water partition coefficient (Wildman–Crippen LogP) is 5.82. The third-order valence-corrected chi connectivity index (χ3v) is 9.17. The molecule has 4 bridgehead atoms. The summed E-state index contributed by atoms with van der Waals surface area (Å²) in [4.78, 5) is 5.20. The summed E-state index contributed by atoms with van der Waals surface area (Å²) in [7, 11) is 0. The Bertz CT molecular complexity index is 1120. The Morgan fingerprint density at radius 3 is 2.09 bits per heavy atom. The van der Waals surface area contributed by atoms with Gasteiger partial charge in [0.15, 0.2) is 11.9 Å². The fraction of sp³-hybridized carbons (Fsp3) is 0.484. The molecule has 1 aliphatic heterocycles. The second-order valence-corrected chi connectivity index (χ2v) is 11.7. The standard InChI is InChI=1S/C31H36N3O/c1-3-7-26(8-4-1)29(27-9-5-2-6-10-27)34-14-13-33(22-34)12-11-28-21-35-30(32-28)31-18-23-15-24(19-31)17-25(16-23)20-31/h1-10,13-14,22-25,28-29H,11-12,15-21H2/q+1/t23?,24?,25?,28-,31?/m0/s1. The number of imidazole rings is 1. The van der Waals surface area contributed by atoms with Crippen molar-refractivity contribution < 1.29 is 9.30 Å². The van der Waals surface area contributed by atoms with E-state index in [1.807, 2.05) is 0 Å². The molecule has 0 radical (unpaired) electrons. The van der Waals surface area contributed by atoms with E-state index in [9.17, 15) is 0 Å². The second kappa shape index (κ2) is 8.65. The van der Waals surface area contributed by atoms with Crippen LogP contribution < -0.4 is 4.57 Å². The van der Waals surface area contributed by atoms with E-state index < -0.39 is 0 Å². The van der Waals surface area contributed by atoms with Gasteiger partial charge in [-0.05, 0) is 56.3 Å². The minimum absolute atomic E-state index is 0.175. The molecule has 0 saturated heterocycles. The maximum absolute atomic E-state index is 6.33. The van der Waals surface area contributed by atoms with Crippen LogP contribution >= 0.6 is 0 Å². The largest absolute Gasteiger partial charge is 0.478 e. The quantitative estimate of drug-likeness (QED) is 0.404. The Kier molecular flexibility index (Phi) is 5.29. The lowest BCUT2D eigenvalue weighted by molar-refractivity contribution is -0.697. The smallest absolute Gasteiger partial charge is 0.244 e. The molecule has 3 aromatic rings. The summed E-state index contributed by atoms with van der Waals surface area (Å²) in [5.41, 5.74) is 2.89. The molecule has 2 aromatic carbocycles. The molecular formula is C31H36N3O+. The van der Waals surface area contributed by atoms with Crippen molar-refractivity contribution in [1.29, 1.82) is 0 Å². The van der Waals surface area contributed by atoms with Gasteiger partial charge < -0.3 is 4.74 Å². The summed E-state index contributed by atoms with van der Waals surface area (Å²) < 4.78 is 11.0. The van der Waals surface area contributed by atoms with Gasteiger partial charge in [0.05, 0.1) is 12.6 Å². The van der Waals surface area contributed by atoms with Gasteiger partial charge in [-0.25, -0.2) is 14.1 Å². The fourth-order valence-corrected chi connectivity index (χ4v) is 8.03. The van der Waals surface area contributed by atoms with Gasteiger partial charge in [0.1, 0.15) is 19.0 Å². The number of hydrogen-bond donors (Lipinski definition) is 0. The highest BCUT2D eigenvalue weighted by atomic mass is 16.5. The lowest BCUT2D eigenvalue weighted by atomic mass is 9.49. The number of aryl methyl sites for hydroxylation is 1. The number of aromatic nitrogens is 2. The van der Waals surface area contributed by atoms with Crippen LogP contribution in [0.4, 0.5) is 0 Å². The third kappa shape index (κ3) is 4.01. The highest BCUT2D eigenvalue weighted by molar-refractivity contribution is 5.84. The SMILES string of the molecule is c1ccc(C(c2ccccc2)n2cc[n+](CC[C@H]3COC(C45CC6CC(CC(C6)C4)C5)=N3)c2)cc1. The molecule has 35 heavy (non-hydrogen) atoms. The molecule has 1 atom stereocenters. The molecule has 180 valence electrons. The lowest BCUT2D eigenvalue weighted by Gasteiger charge is -2.56. The molecule has 5 aliphatic rings. The Balaban J connectivity index is 1.05. The summed E-state index contributed by atoms with van der Waals surface area (Å²) >= 11 is 0. The van der Waals surface area contributed by atoms with Crippen LogP contribution in [0.5, 0.6) is 0 Å². The van der Waals surface area contributed by atoms with Crippen molar-refractivity contribution in [3.63, 3.8) is 0 Å². The molecule has 0 N–H and O–H groups in total.